The van der Waals surface area contributed by atoms with Crippen molar-refractivity contribution in [3.8, 4) is 0 Å². The van der Waals surface area contributed by atoms with Crippen molar-refractivity contribution in [3.63, 3.8) is 0 Å². The summed E-state index contributed by atoms with van der Waals surface area (Å²) in [6, 6.07) is 0. The summed E-state index contributed by atoms with van der Waals surface area (Å²) in [5.41, 5.74) is -1.04. The molecule has 2 heterocycles. The van der Waals surface area contributed by atoms with Gasteiger partial charge in [-0.3, -0.25) is 9.48 Å². The predicted octanol–water partition coefficient (Wildman–Crippen LogP) is 2.40. The number of alkyl halides is 3. The Bertz CT molecular complexity index is 548. The van der Waals surface area contributed by atoms with Gasteiger partial charge in [-0.05, 0) is 35.3 Å². The molecular weight excluding hydrogens is 351 g/mol. The molecule has 1 fully saturated rings. The lowest BCUT2D eigenvalue weighted by Crippen LogP contribution is -2.47. The minimum absolute atomic E-state index is 0.203. The summed E-state index contributed by atoms with van der Waals surface area (Å²) in [7, 11) is 1.64. The van der Waals surface area contributed by atoms with E-state index in [0.29, 0.717) is 16.6 Å². The molecule has 0 saturated carbocycles. The molecule has 1 saturated heterocycles. The van der Waals surface area contributed by atoms with Gasteiger partial charge >= 0.3 is 6.18 Å². The van der Waals surface area contributed by atoms with Crippen molar-refractivity contribution in [3.05, 3.63) is 15.9 Å². The van der Waals surface area contributed by atoms with E-state index in [4.69, 9.17) is 0 Å². The largest absolute Gasteiger partial charge is 0.402 e. The van der Waals surface area contributed by atoms with E-state index in [1.165, 1.54) is 4.68 Å². The highest BCUT2D eigenvalue weighted by molar-refractivity contribution is 9.10. The second kappa shape index (κ2) is 5.72. The molecule has 0 radical (unpaired) electrons. The first-order chi connectivity index (χ1) is 9.73. The van der Waals surface area contributed by atoms with Crippen molar-refractivity contribution in [1.82, 2.24) is 15.1 Å². The number of hydrogen-bond donors (Lipinski definition) is 1. The second-order valence-electron chi connectivity index (χ2n) is 5.29. The molecule has 0 amide bonds. The van der Waals surface area contributed by atoms with Gasteiger partial charge in [-0.1, -0.05) is 6.92 Å². The maximum Gasteiger partial charge on any atom is 0.402 e. The summed E-state index contributed by atoms with van der Waals surface area (Å²) in [5, 5.41) is 6.87. The second-order valence-corrected chi connectivity index (χ2v) is 6.08. The summed E-state index contributed by atoms with van der Waals surface area (Å²) in [6.07, 6.45) is -4.36. The number of halogens is 4. The molecule has 21 heavy (non-hydrogen) atoms. The molecule has 1 aromatic heterocycles. The van der Waals surface area contributed by atoms with Gasteiger partial charge in [0.15, 0.2) is 5.78 Å². The first-order valence-corrected chi connectivity index (χ1v) is 7.53. The minimum Gasteiger partial charge on any atom is -0.315 e. The molecule has 1 unspecified atom stereocenters. The van der Waals surface area contributed by atoms with Crippen LogP contribution in [0.5, 0.6) is 0 Å². The lowest BCUT2D eigenvalue weighted by atomic mass is 9.80. The van der Waals surface area contributed by atoms with Crippen LogP contribution in [-0.4, -0.2) is 34.8 Å². The molecule has 1 atom stereocenters. The van der Waals surface area contributed by atoms with Gasteiger partial charge in [0.25, 0.3) is 0 Å². The Hall–Kier alpha value is -0.890. The van der Waals surface area contributed by atoms with Crippen LogP contribution in [0, 0.1) is 5.41 Å². The summed E-state index contributed by atoms with van der Waals surface area (Å²) in [4.78, 5) is 12.4. The third-order valence-electron chi connectivity index (χ3n) is 4.06. The SMILES string of the molecule is CCc1nn(C)c(CC(=O)C2(C(F)(F)F)CCNC2)c1Br. The zero-order chi connectivity index (χ0) is 15.8. The zero-order valence-electron chi connectivity index (χ0n) is 11.9. The van der Waals surface area contributed by atoms with Crippen molar-refractivity contribution in [1.29, 1.82) is 0 Å². The van der Waals surface area contributed by atoms with Gasteiger partial charge in [-0.15, -0.1) is 0 Å². The van der Waals surface area contributed by atoms with Gasteiger partial charge in [0, 0.05) is 13.6 Å². The standard InChI is InChI=1S/C13H17BrF3N3O/c1-3-8-11(14)9(20(2)19-8)6-10(21)12(13(15,16)17)4-5-18-7-12/h18H,3-7H2,1-2H3. The Labute approximate surface area is 129 Å². The molecular formula is C13H17BrF3N3O. The van der Waals surface area contributed by atoms with Gasteiger partial charge in [0.05, 0.1) is 22.3 Å². The summed E-state index contributed by atoms with van der Waals surface area (Å²) in [6.45, 7) is 1.76. The average Bonchev–Trinajstić information content (AvgIpc) is 2.99. The highest BCUT2D eigenvalue weighted by Gasteiger charge is 2.60. The summed E-state index contributed by atoms with van der Waals surface area (Å²) in [5.74, 6) is -0.800. The van der Waals surface area contributed by atoms with Gasteiger partial charge in [-0.2, -0.15) is 18.3 Å². The molecule has 1 aliphatic rings. The van der Waals surface area contributed by atoms with Crippen LogP contribution in [0.3, 0.4) is 0 Å². The molecule has 0 bridgehead atoms. The number of rotatable bonds is 4. The van der Waals surface area contributed by atoms with Crippen LogP contribution in [0.15, 0.2) is 4.47 Å². The van der Waals surface area contributed by atoms with Crippen LogP contribution in [0.1, 0.15) is 24.7 Å². The maximum absolute atomic E-state index is 13.3. The number of aromatic nitrogens is 2. The molecule has 2 rings (SSSR count). The smallest absolute Gasteiger partial charge is 0.315 e. The van der Waals surface area contributed by atoms with E-state index >= 15 is 0 Å². The van der Waals surface area contributed by atoms with Crippen molar-refractivity contribution in [2.75, 3.05) is 13.1 Å². The number of Topliss-reactive ketones (excluding diaryl/α,β-unsaturated/α-hetero) is 1. The fourth-order valence-electron chi connectivity index (χ4n) is 2.66. The number of nitrogens with one attached hydrogen (secondary N) is 1. The van der Waals surface area contributed by atoms with E-state index < -0.39 is 17.4 Å². The van der Waals surface area contributed by atoms with Crippen molar-refractivity contribution in [2.45, 2.75) is 32.4 Å². The van der Waals surface area contributed by atoms with Gasteiger partial charge < -0.3 is 5.32 Å². The van der Waals surface area contributed by atoms with E-state index in [1.54, 1.807) is 7.05 Å². The lowest BCUT2D eigenvalue weighted by Gasteiger charge is -2.29. The normalized spacial score (nSPS) is 22.8. The molecule has 0 aliphatic carbocycles. The minimum atomic E-state index is -4.54. The third-order valence-corrected chi connectivity index (χ3v) is 4.98. The van der Waals surface area contributed by atoms with E-state index in [9.17, 15) is 18.0 Å². The molecule has 0 aromatic carbocycles. The van der Waals surface area contributed by atoms with Gasteiger partial charge in [-0.25, -0.2) is 0 Å². The fourth-order valence-corrected chi connectivity index (χ4v) is 3.42. The highest BCUT2D eigenvalue weighted by Crippen LogP contribution is 2.44. The van der Waals surface area contributed by atoms with Crippen LogP contribution in [-0.2, 0) is 24.7 Å². The van der Waals surface area contributed by atoms with Crippen molar-refractivity contribution >= 4 is 21.7 Å². The molecule has 1 aliphatic heterocycles. The number of hydrogen-bond acceptors (Lipinski definition) is 3. The summed E-state index contributed by atoms with van der Waals surface area (Å²) >= 11 is 3.33. The van der Waals surface area contributed by atoms with E-state index in [-0.39, 0.29) is 25.9 Å². The van der Waals surface area contributed by atoms with Crippen LogP contribution in [0.4, 0.5) is 13.2 Å². The van der Waals surface area contributed by atoms with Gasteiger partial charge in [0.1, 0.15) is 5.41 Å². The van der Waals surface area contributed by atoms with Crippen LogP contribution < -0.4 is 5.32 Å². The third kappa shape index (κ3) is 2.75. The van der Waals surface area contributed by atoms with Crippen molar-refractivity contribution < 1.29 is 18.0 Å². The zero-order valence-corrected chi connectivity index (χ0v) is 13.4. The fraction of sp³-hybridized carbons (Fsp3) is 0.692. The van der Waals surface area contributed by atoms with E-state index in [0.717, 1.165) is 5.69 Å². The number of aryl methyl sites for hydroxylation is 2. The van der Waals surface area contributed by atoms with Crippen LogP contribution >= 0.6 is 15.9 Å². The number of carbonyl (C=O) groups is 1. The summed E-state index contributed by atoms with van der Waals surface area (Å²) < 4.78 is 42.1. The maximum atomic E-state index is 13.3. The quantitative estimate of drug-likeness (QED) is 0.888. The Balaban J connectivity index is 2.31. The van der Waals surface area contributed by atoms with Crippen molar-refractivity contribution in [2.24, 2.45) is 12.5 Å². The lowest BCUT2D eigenvalue weighted by molar-refractivity contribution is -0.214. The monoisotopic (exact) mass is 367 g/mol. The molecule has 8 heteroatoms. The van der Waals surface area contributed by atoms with E-state index in [2.05, 4.69) is 26.3 Å². The topological polar surface area (TPSA) is 46.9 Å². The first kappa shape index (κ1) is 16.5. The Kier molecular flexibility index (Phi) is 4.49. The Morgan fingerprint density at radius 3 is 2.62 bits per heavy atom. The highest BCUT2D eigenvalue weighted by atomic mass is 79.9. The molecule has 1 N–H and O–H groups in total. The molecule has 1 aromatic rings. The average molecular weight is 368 g/mol. The first-order valence-electron chi connectivity index (χ1n) is 6.74. The van der Waals surface area contributed by atoms with Crippen LogP contribution in [0.2, 0.25) is 0 Å². The number of ketones is 1. The number of carbonyl (C=O) groups excluding carboxylic acids is 1. The van der Waals surface area contributed by atoms with E-state index in [1.807, 2.05) is 6.92 Å². The molecule has 0 spiro atoms. The van der Waals surface area contributed by atoms with Gasteiger partial charge in [0.2, 0.25) is 0 Å². The number of nitrogens with zero attached hydrogens (tertiary/aromatic N) is 2. The predicted molar refractivity (Wildman–Crippen MR) is 75.0 cm³/mol. The Morgan fingerprint density at radius 1 is 1.52 bits per heavy atom. The molecule has 118 valence electrons. The Morgan fingerprint density at radius 2 is 2.19 bits per heavy atom. The van der Waals surface area contributed by atoms with Crippen LogP contribution in [0.25, 0.3) is 0 Å². The molecule has 4 nitrogen and oxygen atoms in total.